The molecule has 1 aromatic carbocycles. The molecule has 3 aromatic rings. The molecule has 2 aromatic heterocycles. The van der Waals surface area contributed by atoms with Crippen LogP contribution in [0.3, 0.4) is 0 Å². The van der Waals surface area contributed by atoms with Gasteiger partial charge in [0.1, 0.15) is 5.82 Å². The Labute approximate surface area is 163 Å². The van der Waals surface area contributed by atoms with E-state index < -0.39 is 5.41 Å². The van der Waals surface area contributed by atoms with Gasteiger partial charge in [0.05, 0.1) is 25.2 Å². The van der Waals surface area contributed by atoms with E-state index in [9.17, 15) is 4.79 Å². The van der Waals surface area contributed by atoms with E-state index in [1.807, 2.05) is 18.3 Å². The van der Waals surface area contributed by atoms with Gasteiger partial charge in [-0.1, -0.05) is 18.2 Å². The first-order valence-electron chi connectivity index (χ1n) is 9.85. The summed E-state index contributed by atoms with van der Waals surface area (Å²) in [6.45, 7) is 4.87. The number of fused-ring (bicyclic) bond motifs is 2. The van der Waals surface area contributed by atoms with E-state index in [0.29, 0.717) is 19.8 Å². The van der Waals surface area contributed by atoms with Crippen LogP contribution in [0.5, 0.6) is 0 Å². The van der Waals surface area contributed by atoms with E-state index in [2.05, 4.69) is 49.1 Å². The molecule has 2 aliphatic heterocycles. The Morgan fingerprint density at radius 3 is 3.18 bits per heavy atom. The maximum absolute atomic E-state index is 13.1. The summed E-state index contributed by atoms with van der Waals surface area (Å²) in [6, 6.07) is 10.4. The highest BCUT2D eigenvalue weighted by molar-refractivity contribution is 5.84. The SMILES string of the molecule is O=C(NCCn1ccc2ccccc21)[C@]12COC[C@H]1CN(Cc1ncc[nH]1)C2. The van der Waals surface area contributed by atoms with Crippen molar-refractivity contribution in [3.63, 3.8) is 0 Å². The summed E-state index contributed by atoms with van der Waals surface area (Å²) in [6.07, 6.45) is 5.68. The largest absolute Gasteiger partial charge is 0.380 e. The summed E-state index contributed by atoms with van der Waals surface area (Å²) in [5.74, 6) is 1.30. The Morgan fingerprint density at radius 2 is 2.29 bits per heavy atom. The quantitative estimate of drug-likeness (QED) is 0.683. The summed E-state index contributed by atoms with van der Waals surface area (Å²) in [5.41, 5.74) is 0.758. The number of hydrogen-bond acceptors (Lipinski definition) is 4. The minimum absolute atomic E-state index is 0.119. The fraction of sp³-hybridized carbons (Fsp3) is 0.429. The second-order valence-corrected chi connectivity index (χ2v) is 7.90. The third kappa shape index (κ3) is 3.00. The van der Waals surface area contributed by atoms with Crippen LogP contribution < -0.4 is 5.32 Å². The molecular formula is C21H25N5O2. The van der Waals surface area contributed by atoms with Crippen LogP contribution >= 0.6 is 0 Å². The number of rotatable bonds is 6. The van der Waals surface area contributed by atoms with Crippen LogP contribution in [-0.2, 0) is 22.6 Å². The minimum Gasteiger partial charge on any atom is -0.380 e. The van der Waals surface area contributed by atoms with Gasteiger partial charge in [-0.2, -0.15) is 0 Å². The van der Waals surface area contributed by atoms with Gasteiger partial charge in [0, 0.05) is 56.2 Å². The van der Waals surface area contributed by atoms with E-state index in [1.165, 1.54) is 10.9 Å². The average molecular weight is 379 g/mol. The Hall–Kier alpha value is -2.64. The van der Waals surface area contributed by atoms with Crippen molar-refractivity contribution >= 4 is 16.8 Å². The van der Waals surface area contributed by atoms with Gasteiger partial charge in [0.2, 0.25) is 5.91 Å². The molecule has 4 heterocycles. The van der Waals surface area contributed by atoms with Gasteiger partial charge in [-0.05, 0) is 17.5 Å². The monoisotopic (exact) mass is 379 g/mol. The van der Waals surface area contributed by atoms with Crippen LogP contribution in [0, 0.1) is 11.3 Å². The lowest BCUT2D eigenvalue weighted by molar-refractivity contribution is -0.131. The zero-order chi connectivity index (χ0) is 19.0. The third-order valence-corrected chi connectivity index (χ3v) is 6.14. The number of imidazole rings is 1. The third-order valence-electron chi connectivity index (χ3n) is 6.14. The number of amides is 1. The van der Waals surface area contributed by atoms with Gasteiger partial charge in [0.15, 0.2) is 0 Å². The minimum atomic E-state index is -0.439. The second kappa shape index (κ2) is 7.07. The molecule has 1 amide bonds. The van der Waals surface area contributed by atoms with E-state index in [1.54, 1.807) is 6.20 Å². The topological polar surface area (TPSA) is 75.2 Å². The number of likely N-dealkylation sites (tertiary alicyclic amines) is 1. The summed E-state index contributed by atoms with van der Waals surface area (Å²) < 4.78 is 7.90. The van der Waals surface area contributed by atoms with E-state index in [-0.39, 0.29) is 11.8 Å². The Balaban J connectivity index is 1.22. The summed E-state index contributed by atoms with van der Waals surface area (Å²) in [4.78, 5) is 22.9. The molecule has 0 aliphatic carbocycles. The van der Waals surface area contributed by atoms with E-state index in [4.69, 9.17) is 4.74 Å². The fourth-order valence-corrected chi connectivity index (χ4v) is 4.68. The maximum Gasteiger partial charge on any atom is 0.230 e. The van der Waals surface area contributed by atoms with Gasteiger partial charge in [-0.15, -0.1) is 0 Å². The van der Waals surface area contributed by atoms with Gasteiger partial charge in [0.25, 0.3) is 0 Å². The molecule has 0 bridgehead atoms. The molecule has 0 saturated carbocycles. The summed E-state index contributed by atoms with van der Waals surface area (Å²) in [7, 11) is 0. The van der Waals surface area contributed by atoms with Crippen LogP contribution in [0.1, 0.15) is 5.82 Å². The first-order chi connectivity index (χ1) is 13.7. The lowest BCUT2D eigenvalue weighted by Crippen LogP contribution is -2.47. The first kappa shape index (κ1) is 17.5. The van der Waals surface area contributed by atoms with Crippen LogP contribution in [0.25, 0.3) is 10.9 Å². The number of H-pyrrole nitrogens is 1. The van der Waals surface area contributed by atoms with Gasteiger partial charge in [-0.3, -0.25) is 9.69 Å². The maximum atomic E-state index is 13.1. The number of ether oxygens (including phenoxy) is 1. The number of para-hydroxylation sites is 1. The van der Waals surface area contributed by atoms with Crippen molar-refractivity contribution in [1.82, 2.24) is 24.8 Å². The second-order valence-electron chi connectivity index (χ2n) is 7.90. The average Bonchev–Trinajstić information content (AvgIpc) is 3.46. The molecule has 2 saturated heterocycles. The molecule has 28 heavy (non-hydrogen) atoms. The van der Waals surface area contributed by atoms with Crippen molar-refractivity contribution in [2.75, 3.05) is 32.8 Å². The standard InChI is InChI=1S/C21H25N5O2/c27-20(24-8-10-26-9-5-16-3-1-2-4-18(16)26)21-14-25(11-17(21)13-28-15-21)12-19-22-6-7-23-19/h1-7,9,17H,8,10-15H2,(H,22,23)(H,24,27)/t17-,21-/m1/s1. The normalized spacial score (nSPS) is 24.6. The Kier molecular flexibility index (Phi) is 4.41. The molecule has 146 valence electrons. The molecule has 2 aliphatic rings. The molecule has 7 nitrogen and oxygen atoms in total. The highest BCUT2D eigenvalue weighted by Gasteiger charge is 2.55. The van der Waals surface area contributed by atoms with Crippen LogP contribution in [0.4, 0.5) is 0 Å². The Bertz CT molecular complexity index is 966. The molecule has 5 rings (SSSR count). The number of nitrogens with zero attached hydrogens (tertiary/aromatic N) is 3. The summed E-state index contributed by atoms with van der Waals surface area (Å²) >= 11 is 0. The first-order valence-corrected chi connectivity index (χ1v) is 9.85. The molecule has 2 N–H and O–H groups in total. The predicted octanol–water partition coefficient (Wildman–Crippen LogP) is 1.63. The highest BCUT2D eigenvalue weighted by Crippen LogP contribution is 2.41. The Morgan fingerprint density at radius 1 is 1.36 bits per heavy atom. The van der Waals surface area contributed by atoms with E-state index in [0.717, 1.165) is 32.0 Å². The molecule has 0 radical (unpaired) electrons. The van der Waals surface area contributed by atoms with Crippen LogP contribution in [0.15, 0.2) is 48.9 Å². The predicted molar refractivity (Wildman–Crippen MR) is 106 cm³/mol. The lowest BCUT2D eigenvalue weighted by atomic mass is 9.80. The molecular weight excluding hydrogens is 354 g/mol. The number of hydrogen-bond donors (Lipinski definition) is 2. The number of aromatic amines is 1. The highest BCUT2D eigenvalue weighted by atomic mass is 16.5. The lowest BCUT2D eigenvalue weighted by Gasteiger charge is -2.26. The van der Waals surface area contributed by atoms with Crippen LogP contribution in [-0.4, -0.2) is 58.2 Å². The smallest absolute Gasteiger partial charge is 0.230 e. The van der Waals surface area contributed by atoms with Crippen molar-refractivity contribution in [1.29, 1.82) is 0 Å². The van der Waals surface area contributed by atoms with Crippen LogP contribution in [0.2, 0.25) is 0 Å². The zero-order valence-electron chi connectivity index (χ0n) is 15.8. The van der Waals surface area contributed by atoms with Crippen molar-refractivity contribution < 1.29 is 9.53 Å². The van der Waals surface area contributed by atoms with Gasteiger partial charge >= 0.3 is 0 Å². The number of nitrogens with one attached hydrogen (secondary N) is 2. The molecule has 0 unspecified atom stereocenters. The number of carbonyl (C=O) groups is 1. The molecule has 7 heteroatoms. The van der Waals surface area contributed by atoms with E-state index >= 15 is 0 Å². The molecule has 0 spiro atoms. The number of aromatic nitrogens is 3. The molecule has 2 atom stereocenters. The summed E-state index contributed by atoms with van der Waals surface area (Å²) in [5, 5.41) is 4.40. The van der Waals surface area contributed by atoms with Crippen molar-refractivity contribution in [2.24, 2.45) is 11.3 Å². The number of carbonyl (C=O) groups excluding carboxylic acids is 1. The zero-order valence-corrected chi connectivity index (χ0v) is 15.8. The number of benzene rings is 1. The van der Waals surface area contributed by atoms with Crippen molar-refractivity contribution in [3.05, 3.63) is 54.7 Å². The van der Waals surface area contributed by atoms with Gasteiger partial charge < -0.3 is 19.6 Å². The molecule has 2 fully saturated rings. The fourth-order valence-electron chi connectivity index (χ4n) is 4.68. The van der Waals surface area contributed by atoms with Gasteiger partial charge in [-0.25, -0.2) is 4.98 Å². The van der Waals surface area contributed by atoms with Crippen molar-refractivity contribution in [3.8, 4) is 0 Å². The van der Waals surface area contributed by atoms with Crippen molar-refractivity contribution in [2.45, 2.75) is 13.1 Å².